The van der Waals surface area contributed by atoms with Crippen molar-refractivity contribution in [3.8, 4) is 0 Å². The van der Waals surface area contributed by atoms with Gasteiger partial charge in [-0.1, -0.05) is 41.7 Å². The van der Waals surface area contributed by atoms with Crippen LogP contribution in [0.25, 0.3) is 4.96 Å². The number of hydrogen-bond acceptors (Lipinski definition) is 5. The van der Waals surface area contributed by atoms with E-state index < -0.39 is 6.10 Å². The number of aryl methyl sites for hydroxylation is 1. The largest absolute Gasteiger partial charge is 0.388 e. The molecule has 6 heteroatoms. The van der Waals surface area contributed by atoms with Crippen LogP contribution in [-0.4, -0.2) is 32.3 Å². The maximum absolute atomic E-state index is 10.5. The summed E-state index contributed by atoms with van der Waals surface area (Å²) >= 11 is 1.63. The Kier molecular flexibility index (Phi) is 3.79. The fraction of sp³-hybridized carbons (Fsp3) is 0.412. The molecule has 5 nitrogen and oxygen atoms in total. The van der Waals surface area contributed by atoms with Gasteiger partial charge in [-0.3, -0.25) is 0 Å². The van der Waals surface area contributed by atoms with E-state index in [1.807, 2.05) is 48.0 Å². The summed E-state index contributed by atoms with van der Waals surface area (Å²) in [6, 6.07) is 10.2. The summed E-state index contributed by atoms with van der Waals surface area (Å²) in [6.45, 7) is 2.98. The van der Waals surface area contributed by atoms with Gasteiger partial charge in [0.25, 0.3) is 0 Å². The van der Waals surface area contributed by atoms with Crippen molar-refractivity contribution in [2.24, 2.45) is 0 Å². The predicted octanol–water partition coefficient (Wildman–Crippen LogP) is 3.19. The van der Waals surface area contributed by atoms with Crippen molar-refractivity contribution < 1.29 is 5.11 Å². The molecule has 1 N–H and O–H groups in total. The molecule has 0 spiro atoms. The minimum absolute atomic E-state index is 0.335. The Bertz CT molecular complexity index is 766. The van der Waals surface area contributed by atoms with E-state index in [1.54, 1.807) is 11.3 Å². The molecule has 23 heavy (non-hydrogen) atoms. The molecule has 0 saturated carbocycles. The quantitative estimate of drug-likeness (QED) is 0.799. The highest BCUT2D eigenvalue weighted by molar-refractivity contribution is 7.20. The molecule has 0 aliphatic carbocycles. The number of anilines is 1. The lowest BCUT2D eigenvalue weighted by molar-refractivity contribution is 0.158. The number of aliphatic hydroxyl groups excluding tert-OH is 1. The highest BCUT2D eigenvalue weighted by atomic mass is 32.1. The van der Waals surface area contributed by atoms with Crippen LogP contribution in [0.4, 0.5) is 5.13 Å². The molecule has 0 unspecified atom stereocenters. The Balaban J connectivity index is 1.53. The molecule has 2 aromatic heterocycles. The topological polar surface area (TPSA) is 53.7 Å². The number of hydrogen-bond donors (Lipinski definition) is 1. The van der Waals surface area contributed by atoms with Crippen LogP contribution in [-0.2, 0) is 0 Å². The number of aromatic nitrogens is 3. The third kappa shape index (κ3) is 2.84. The van der Waals surface area contributed by atoms with Gasteiger partial charge in [0, 0.05) is 12.6 Å². The number of benzene rings is 1. The molecule has 3 heterocycles. The van der Waals surface area contributed by atoms with Crippen LogP contribution in [0.3, 0.4) is 0 Å². The van der Waals surface area contributed by atoms with Crippen molar-refractivity contribution in [1.82, 2.24) is 14.6 Å². The number of nitrogens with zero attached hydrogens (tertiary/aromatic N) is 4. The molecule has 1 aromatic carbocycles. The second-order valence-electron chi connectivity index (χ2n) is 6.15. The monoisotopic (exact) mass is 328 g/mol. The molecule has 0 bridgehead atoms. The van der Waals surface area contributed by atoms with E-state index >= 15 is 0 Å². The molecule has 1 aliphatic heterocycles. The van der Waals surface area contributed by atoms with E-state index in [2.05, 4.69) is 15.0 Å². The van der Waals surface area contributed by atoms with Crippen LogP contribution in [0.1, 0.15) is 36.6 Å². The van der Waals surface area contributed by atoms with Crippen LogP contribution in [0, 0.1) is 6.92 Å². The van der Waals surface area contributed by atoms with Gasteiger partial charge in [-0.05, 0) is 31.7 Å². The highest BCUT2D eigenvalue weighted by Gasteiger charge is 2.29. The summed E-state index contributed by atoms with van der Waals surface area (Å²) in [5, 5.41) is 16.2. The highest BCUT2D eigenvalue weighted by Crippen LogP contribution is 2.33. The van der Waals surface area contributed by atoms with E-state index in [0.29, 0.717) is 6.04 Å². The van der Waals surface area contributed by atoms with Gasteiger partial charge in [-0.15, -0.1) is 5.10 Å². The minimum atomic E-state index is -0.423. The van der Waals surface area contributed by atoms with Crippen molar-refractivity contribution in [3.05, 3.63) is 47.8 Å². The zero-order valence-corrected chi connectivity index (χ0v) is 13.9. The Morgan fingerprint density at radius 2 is 2.17 bits per heavy atom. The minimum Gasteiger partial charge on any atom is -0.388 e. The second-order valence-corrected chi connectivity index (χ2v) is 7.08. The Labute approximate surface area is 139 Å². The van der Waals surface area contributed by atoms with Gasteiger partial charge in [-0.2, -0.15) is 0 Å². The molecule has 1 aliphatic rings. The smallest absolute Gasteiger partial charge is 0.214 e. The van der Waals surface area contributed by atoms with E-state index in [-0.39, 0.29) is 0 Å². The van der Waals surface area contributed by atoms with Crippen molar-refractivity contribution >= 4 is 21.4 Å². The summed E-state index contributed by atoms with van der Waals surface area (Å²) < 4.78 is 1.86. The Morgan fingerprint density at radius 3 is 2.96 bits per heavy atom. The molecule has 0 amide bonds. The maximum atomic E-state index is 10.5. The van der Waals surface area contributed by atoms with Gasteiger partial charge >= 0.3 is 0 Å². The van der Waals surface area contributed by atoms with Crippen molar-refractivity contribution in [3.63, 3.8) is 0 Å². The standard InChI is InChI=1S/C17H20N4OS/c1-12-11-21-16(18-12)23-17(19-21)20-9-5-8-14(20)10-15(22)13-6-3-2-4-7-13/h2-4,6-7,11,14-15,22H,5,8-10H2,1H3/t14-,15-/m0/s1. The average Bonchev–Trinajstić information content (AvgIpc) is 3.22. The Hall–Kier alpha value is -1.92. The lowest BCUT2D eigenvalue weighted by Gasteiger charge is -2.25. The summed E-state index contributed by atoms with van der Waals surface area (Å²) in [4.78, 5) is 7.75. The molecule has 1 saturated heterocycles. The first-order valence-electron chi connectivity index (χ1n) is 8.03. The third-order valence-corrected chi connectivity index (χ3v) is 5.42. The summed E-state index contributed by atoms with van der Waals surface area (Å²) in [7, 11) is 0. The van der Waals surface area contributed by atoms with Gasteiger partial charge < -0.3 is 10.0 Å². The summed E-state index contributed by atoms with van der Waals surface area (Å²) in [5.41, 5.74) is 1.98. The van der Waals surface area contributed by atoms with Gasteiger partial charge in [-0.25, -0.2) is 9.50 Å². The number of aliphatic hydroxyl groups is 1. The molecular weight excluding hydrogens is 308 g/mol. The van der Waals surface area contributed by atoms with E-state index in [0.717, 1.165) is 47.2 Å². The zero-order valence-electron chi connectivity index (χ0n) is 13.1. The zero-order chi connectivity index (χ0) is 15.8. The molecule has 120 valence electrons. The molecule has 3 aromatic rings. The lowest BCUT2D eigenvalue weighted by atomic mass is 10.0. The van der Waals surface area contributed by atoms with Gasteiger partial charge in [0.15, 0.2) is 0 Å². The summed E-state index contributed by atoms with van der Waals surface area (Å²) in [6.07, 6.45) is 4.52. The molecule has 1 fully saturated rings. The Morgan fingerprint density at radius 1 is 1.35 bits per heavy atom. The third-order valence-electron chi connectivity index (χ3n) is 4.46. The maximum Gasteiger partial charge on any atom is 0.214 e. The predicted molar refractivity (Wildman–Crippen MR) is 92.0 cm³/mol. The number of imidazole rings is 1. The first-order chi connectivity index (χ1) is 11.2. The SMILES string of the molecule is Cc1cn2nc(N3CCC[C@H]3C[C@H](O)c3ccccc3)sc2n1. The fourth-order valence-electron chi connectivity index (χ4n) is 3.32. The van der Waals surface area contributed by atoms with Gasteiger partial charge in [0.1, 0.15) is 0 Å². The van der Waals surface area contributed by atoms with Crippen LogP contribution in [0.2, 0.25) is 0 Å². The molecule has 2 atom stereocenters. The first kappa shape index (κ1) is 14.7. The molecular formula is C17H20N4OS. The van der Waals surface area contributed by atoms with Crippen molar-refractivity contribution in [1.29, 1.82) is 0 Å². The van der Waals surface area contributed by atoms with Gasteiger partial charge in [0.05, 0.1) is 18.0 Å². The van der Waals surface area contributed by atoms with Crippen LogP contribution >= 0.6 is 11.3 Å². The van der Waals surface area contributed by atoms with Crippen LogP contribution in [0.15, 0.2) is 36.5 Å². The van der Waals surface area contributed by atoms with Crippen LogP contribution < -0.4 is 4.90 Å². The average molecular weight is 328 g/mol. The lowest BCUT2D eigenvalue weighted by Crippen LogP contribution is -2.30. The van der Waals surface area contributed by atoms with Crippen molar-refractivity contribution in [2.45, 2.75) is 38.3 Å². The number of rotatable bonds is 4. The van der Waals surface area contributed by atoms with E-state index in [4.69, 9.17) is 0 Å². The molecule has 0 radical (unpaired) electrons. The van der Waals surface area contributed by atoms with Crippen LogP contribution in [0.5, 0.6) is 0 Å². The van der Waals surface area contributed by atoms with E-state index in [1.165, 1.54) is 0 Å². The van der Waals surface area contributed by atoms with E-state index in [9.17, 15) is 5.11 Å². The normalized spacial score (nSPS) is 19.6. The fourth-order valence-corrected chi connectivity index (χ4v) is 4.34. The molecule has 4 rings (SSSR count). The van der Waals surface area contributed by atoms with Gasteiger partial charge in [0.2, 0.25) is 10.1 Å². The van der Waals surface area contributed by atoms with Crippen molar-refractivity contribution in [2.75, 3.05) is 11.4 Å². The summed E-state index contributed by atoms with van der Waals surface area (Å²) in [5.74, 6) is 0. The number of fused-ring (bicyclic) bond motifs is 1. The second kappa shape index (κ2) is 5.94. The first-order valence-corrected chi connectivity index (χ1v) is 8.85.